The summed E-state index contributed by atoms with van der Waals surface area (Å²) in [5, 5.41) is 16.0. The summed E-state index contributed by atoms with van der Waals surface area (Å²) < 4.78 is 0. The fraction of sp³-hybridized carbons (Fsp3) is 0.714. The number of rotatable bonds is 1. The van der Waals surface area contributed by atoms with Gasteiger partial charge >= 0.3 is 5.97 Å². The number of hydrogen-bond donors (Lipinski definition) is 2. The average Bonchev–Trinajstić information content (AvgIpc) is 2.32. The third-order valence-corrected chi connectivity index (χ3v) is 1.97. The van der Waals surface area contributed by atoms with Gasteiger partial charge in [-0.25, -0.2) is 4.79 Å². The second kappa shape index (κ2) is 2.90. The normalized spacial score (nSPS) is 23.7. The van der Waals surface area contributed by atoms with Crippen molar-refractivity contribution in [1.29, 1.82) is 5.41 Å². The maximum atomic E-state index is 10.6. The predicted octanol–water partition coefficient (Wildman–Crippen LogP) is 0.533. The topological polar surface area (TPSA) is 64.4 Å². The number of aliphatic carboxylic acids is 1. The molecule has 1 rings (SSSR count). The van der Waals surface area contributed by atoms with Crippen molar-refractivity contribution in [2.24, 2.45) is 0 Å². The van der Waals surface area contributed by atoms with Crippen molar-refractivity contribution in [2.75, 3.05) is 6.54 Å². The zero-order valence-corrected chi connectivity index (χ0v) is 6.50. The monoisotopic (exact) mass is 156 g/mol. The van der Waals surface area contributed by atoms with Gasteiger partial charge in [0, 0.05) is 6.54 Å². The molecule has 0 radical (unpaired) electrons. The quantitative estimate of drug-likeness (QED) is 0.430. The molecular formula is C7H12N2O2. The van der Waals surface area contributed by atoms with Crippen molar-refractivity contribution < 1.29 is 9.90 Å². The molecule has 4 heteroatoms. The number of amidine groups is 1. The van der Waals surface area contributed by atoms with Gasteiger partial charge in [-0.05, 0) is 19.8 Å². The largest absolute Gasteiger partial charge is 0.480 e. The Labute approximate surface area is 65.3 Å². The maximum Gasteiger partial charge on any atom is 0.326 e. The summed E-state index contributed by atoms with van der Waals surface area (Å²) >= 11 is 0. The molecule has 1 saturated heterocycles. The molecule has 0 aromatic rings. The highest BCUT2D eigenvalue weighted by atomic mass is 16.4. The highest BCUT2D eigenvalue weighted by molar-refractivity contribution is 5.84. The first kappa shape index (κ1) is 8.04. The summed E-state index contributed by atoms with van der Waals surface area (Å²) in [6, 6.07) is -0.451. The first-order chi connectivity index (χ1) is 5.13. The summed E-state index contributed by atoms with van der Waals surface area (Å²) in [6.07, 6.45) is 1.55. The van der Waals surface area contributed by atoms with E-state index in [0.717, 1.165) is 6.42 Å². The Hall–Kier alpha value is -1.06. The van der Waals surface area contributed by atoms with E-state index in [4.69, 9.17) is 10.5 Å². The van der Waals surface area contributed by atoms with Crippen LogP contribution in [0.2, 0.25) is 0 Å². The van der Waals surface area contributed by atoms with E-state index in [-0.39, 0.29) is 0 Å². The Morgan fingerprint density at radius 1 is 1.73 bits per heavy atom. The summed E-state index contributed by atoms with van der Waals surface area (Å²) in [5.41, 5.74) is 0. The highest BCUT2D eigenvalue weighted by Crippen LogP contribution is 2.16. The third-order valence-electron chi connectivity index (χ3n) is 1.97. The predicted molar refractivity (Wildman–Crippen MR) is 40.8 cm³/mol. The SMILES string of the molecule is CC(=N)N1CCC[C@H]1C(=O)O. The molecule has 1 aliphatic rings. The van der Waals surface area contributed by atoms with Crippen molar-refractivity contribution in [3.63, 3.8) is 0 Å². The Morgan fingerprint density at radius 2 is 2.36 bits per heavy atom. The standard InChI is InChI=1S/C7H12N2O2/c1-5(8)9-4-2-3-6(9)7(10)11/h6,8H,2-4H2,1H3,(H,10,11)/t6-/m0/s1. The lowest BCUT2D eigenvalue weighted by Crippen LogP contribution is -2.38. The van der Waals surface area contributed by atoms with Crippen LogP contribution in [0.3, 0.4) is 0 Å². The van der Waals surface area contributed by atoms with Crippen LogP contribution in [0, 0.1) is 5.41 Å². The van der Waals surface area contributed by atoms with Crippen LogP contribution < -0.4 is 0 Å². The van der Waals surface area contributed by atoms with Crippen molar-refractivity contribution >= 4 is 11.8 Å². The van der Waals surface area contributed by atoms with Crippen molar-refractivity contribution in [3.05, 3.63) is 0 Å². The molecule has 0 aliphatic carbocycles. The van der Waals surface area contributed by atoms with Crippen LogP contribution in [0.25, 0.3) is 0 Å². The minimum absolute atomic E-state index is 0.356. The summed E-state index contributed by atoms with van der Waals surface area (Å²) in [6.45, 7) is 2.34. The van der Waals surface area contributed by atoms with Gasteiger partial charge in [0.05, 0.1) is 5.84 Å². The molecule has 62 valence electrons. The molecule has 1 aliphatic heterocycles. The molecule has 0 unspecified atom stereocenters. The molecule has 0 spiro atoms. The van der Waals surface area contributed by atoms with E-state index in [1.165, 1.54) is 0 Å². The zero-order valence-electron chi connectivity index (χ0n) is 6.50. The van der Waals surface area contributed by atoms with E-state index in [0.29, 0.717) is 18.8 Å². The number of carboxylic acids is 1. The van der Waals surface area contributed by atoms with Gasteiger partial charge in [0.1, 0.15) is 6.04 Å². The van der Waals surface area contributed by atoms with Crippen molar-refractivity contribution in [2.45, 2.75) is 25.8 Å². The fourth-order valence-corrected chi connectivity index (χ4v) is 1.42. The first-order valence-corrected chi connectivity index (χ1v) is 3.67. The second-order valence-corrected chi connectivity index (χ2v) is 2.78. The van der Waals surface area contributed by atoms with Crippen LogP contribution in [0.1, 0.15) is 19.8 Å². The lowest BCUT2D eigenvalue weighted by atomic mass is 10.2. The van der Waals surface area contributed by atoms with E-state index in [1.54, 1.807) is 11.8 Å². The Balaban J connectivity index is 2.65. The number of nitrogens with one attached hydrogen (secondary N) is 1. The smallest absolute Gasteiger partial charge is 0.326 e. The lowest BCUT2D eigenvalue weighted by Gasteiger charge is -2.21. The first-order valence-electron chi connectivity index (χ1n) is 3.67. The van der Waals surface area contributed by atoms with Gasteiger partial charge in [-0.15, -0.1) is 0 Å². The molecule has 1 heterocycles. The average molecular weight is 156 g/mol. The molecule has 0 aromatic carbocycles. The summed E-state index contributed by atoms with van der Waals surface area (Å²) in [4.78, 5) is 12.2. The number of nitrogens with zero attached hydrogens (tertiary/aromatic N) is 1. The van der Waals surface area contributed by atoms with Crippen LogP contribution >= 0.6 is 0 Å². The molecular weight excluding hydrogens is 144 g/mol. The van der Waals surface area contributed by atoms with Crippen molar-refractivity contribution in [3.8, 4) is 0 Å². The molecule has 0 aromatic heterocycles. The number of likely N-dealkylation sites (tertiary alicyclic amines) is 1. The summed E-state index contributed by atoms with van der Waals surface area (Å²) in [7, 11) is 0. The van der Waals surface area contributed by atoms with E-state index in [1.807, 2.05) is 0 Å². The minimum atomic E-state index is -0.811. The third kappa shape index (κ3) is 1.50. The van der Waals surface area contributed by atoms with E-state index >= 15 is 0 Å². The number of carbonyl (C=O) groups is 1. The van der Waals surface area contributed by atoms with Crippen molar-refractivity contribution in [1.82, 2.24) is 4.90 Å². The van der Waals surface area contributed by atoms with E-state index < -0.39 is 12.0 Å². The van der Waals surface area contributed by atoms with E-state index in [9.17, 15) is 4.79 Å². The molecule has 1 atom stereocenters. The van der Waals surface area contributed by atoms with Gasteiger partial charge in [-0.3, -0.25) is 5.41 Å². The van der Waals surface area contributed by atoms with Gasteiger partial charge in [0.2, 0.25) is 0 Å². The molecule has 0 bridgehead atoms. The van der Waals surface area contributed by atoms with Gasteiger partial charge in [-0.1, -0.05) is 0 Å². The van der Waals surface area contributed by atoms with Crippen LogP contribution in [-0.4, -0.2) is 34.4 Å². The van der Waals surface area contributed by atoms with E-state index in [2.05, 4.69) is 0 Å². The molecule has 2 N–H and O–H groups in total. The highest BCUT2D eigenvalue weighted by Gasteiger charge is 2.30. The zero-order chi connectivity index (χ0) is 8.43. The molecule has 0 amide bonds. The van der Waals surface area contributed by atoms with Gasteiger partial charge in [0.15, 0.2) is 0 Å². The van der Waals surface area contributed by atoms with Crippen LogP contribution in [0.5, 0.6) is 0 Å². The molecule has 11 heavy (non-hydrogen) atoms. The number of carboxylic acid groups (broad SMARTS) is 1. The molecule has 4 nitrogen and oxygen atoms in total. The Bertz CT molecular complexity index is 171. The maximum absolute atomic E-state index is 10.6. The lowest BCUT2D eigenvalue weighted by molar-refractivity contribution is -0.140. The Kier molecular flexibility index (Phi) is 2.12. The van der Waals surface area contributed by atoms with Gasteiger partial charge < -0.3 is 10.0 Å². The van der Waals surface area contributed by atoms with Gasteiger partial charge in [0.25, 0.3) is 0 Å². The van der Waals surface area contributed by atoms with Crippen LogP contribution in [0.15, 0.2) is 0 Å². The van der Waals surface area contributed by atoms with Gasteiger partial charge in [-0.2, -0.15) is 0 Å². The molecule has 0 saturated carbocycles. The fourth-order valence-electron chi connectivity index (χ4n) is 1.42. The van der Waals surface area contributed by atoms with Crippen LogP contribution in [0.4, 0.5) is 0 Å². The molecule has 1 fully saturated rings. The minimum Gasteiger partial charge on any atom is -0.480 e. The second-order valence-electron chi connectivity index (χ2n) is 2.78. The number of hydrogen-bond acceptors (Lipinski definition) is 2. The summed E-state index contributed by atoms with van der Waals surface area (Å²) in [5.74, 6) is -0.455. The van der Waals surface area contributed by atoms with Crippen LogP contribution in [-0.2, 0) is 4.79 Å². The Morgan fingerprint density at radius 3 is 2.73 bits per heavy atom.